The van der Waals surface area contributed by atoms with Crippen LogP contribution in [-0.4, -0.2) is 43.6 Å². The average molecular weight is 242 g/mol. The quantitative estimate of drug-likeness (QED) is 0.656. The van der Waals surface area contributed by atoms with Crippen LogP contribution in [0.5, 0.6) is 0 Å². The predicted molar refractivity (Wildman–Crippen MR) is 67.7 cm³/mol. The summed E-state index contributed by atoms with van der Waals surface area (Å²) in [5, 5.41) is 13.1. The first-order chi connectivity index (χ1) is 8.35. The summed E-state index contributed by atoms with van der Waals surface area (Å²) in [5.74, 6) is 0.974. The van der Waals surface area contributed by atoms with Crippen molar-refractivity contribution >= 4 is 0 Å². The molecule has 0 aromatic heterocycles. The highest BCUT2D eigenvalue weighted by Crippen LogP contribution is 2.26. The van der Waals surface area contributed by atoms with E-state index in [0.717, 1.165) is 26.1 Å². The second-order valence-electron chi connectivity index (χ2n) is 5.47. The highest BCUT2D eigenvalue weighted by molar-refractivity contribution is 4.88. The van der Waals surface area contributed by atoms with Crippen molar-refractivity contribution in [3.05, 3.63) is 0 Å². The minimum atomic E-state index is 0.302. The van der Waals surface area contributed by atoms with Crippen LogP contribution in [0.25, 0.3) is 0 Å². The van der Waals surface area contributed by atoms with E-state index in [1.807, 2.05) is 0 Å². The molecule has 17 heavy (non-hydrogen) atoms. The average Bonchev–Trinajstić information content (AvgIpc) is 2.90. The lowest BCUT2D eigenvalue weighted by Crippen LogP contribution is -2.51. The van der Waals surface area contributed by atoms with Crippen molar-refractivity contribution < 1.29 is 9.84 Å². The fourth-order valence-corrected chi connectivity index (χ4v) is 3.19. The van der Waals surface area contributed by atoms with Crippen molar-refractivity contribution in [2.24, 2.45) is 17.6 Å². The molecule has 4 heteroatoms. The lowest BCUT2D eigenvalue weighted by atomic mass is 9.84. The van der Waals surface area contributed by atoms with E-state index in [2.05, 4.69) is 5.32 Å². The standard InChI is InChI=1S/C13H26N2O2/c14-7-13(11-5-6-17-9-11)15-12-4-2-1-3-10(12)8-16/h10-13,15-16H,1-9,14H2. The van der Waals surface area contributed by atoms with Gasteiger partial charge in [-0.25, -0.2) is 0 Å². The highest BCUT2D eigenvalue weighted by atomic mass is 16.5. The number of ether oxygens (including phenoxy) is 1. The SMILES string of the molecule is NCC(NC1CCCCC1CO)C1CCOC1. The number of hydrogen-bond donors (Lipinski definition) is 3. The second-order valence-corrected chi connectivity index (χ2v) is 5.47. The molecular weight excluding hydrogens is 216 g/mol. The van der Waals surface area contributed by atoms with Gasteiger partial charge in [0.25, 0.3) is 0 Å². The number of rotatable bonds is 5. The van der Waals surface area contributed by atoms with Gasteiger partial charge in [0.05, 0.1) is 6.61 Å². The van der Waals surface area contributed by atoms with Gasteiger partial charge in [-0.05, 0) is 25.2 Å². The second kappa shape index (κ2) is 6.69. The van der Waals surface area contributed by atoms with E-state index in [9.17, 15) is 5.11 Å². The van der Waals surface area contributed by atoms with Crippen molar-refractivity contribution in [2.75, 3.05) is 26.4 Å². The Labute approximate surface area is 104 Å². The maximum absolute atomic E-state index is 9.42. The van der Waals surface area contributed by atoms with Crippen LogP contribution in [0.15, 0.2) is 0 Å². The van der Waals surface area contributed by atoms with Crippen molar-refractivity contribution in [2.45, 2.75) is 44.2 Å². The van der Waals surface area contributed by atoms with Gasteiger partial charge in [0.1, 0.15) is 0 Å². The molecule has 4 N–H and O–H groups in total. The molecule has 4 nitrogen and oxygen atoms in total. The Morgan fingerprint density at radius 3 is 2.76 bits per heavy atom. The van der Waals surface area contributed by atoms with Gasteiger partial charge in [-0.1, -0.05) is 12.8 Å². The Morgan fingerprint density at radius 1 is 1.29 bits per heavy atom. The van der Waals surface area contributed by atoms with Crippen LogP contribution in [0.3, 0.4) is 0 Å². The van der Waals surface area contributed by atoms with Gasteiger partial charge in [-0.3, -0.25) is 0 Å². The minimum absolute atomic E-state index is 0.302. The molecule has 0 aromatic rings. The number of aliphatic hydroxyl groups excluding tert-OH is 1. The largest absolute Gasteiger partial charge is 0.396 e. The van der Waals surface area contributed by atoms with E-state index in [4.69, 9.17) is 10.5 Å². The molecule has 2 aliphatic rings. The van der Waals surface area contributed by atoms with E-state index in [-0.39, 0.29) is 0 Å². The maximum Gasteiger partial charge on any atom is 0.0510 e. The van der Waals surface area contributed by atoms with Gasteiger partial charge in [-0.2, -0.15) is 0 Å². The summed E-state index contributed by atoms with van der Waals surface area (Å²) in [4.78, 5) is 0. The molecule has 1 saturated carbocycles. The van der Waals surface area contributed by atoms with Crippen molar-refractivity contribution in [3.8, 4) is 0 Å². The zero-order chi connectivity index (χ0) is 12.1. The van der Waals surface area contributed by atoms with Crippen molar-refractivity contribution in [3.63, 3.8) is 0 Å². The Morgan fingerprint density at radius 2 is 2.12 bits per heavy atom. The van der Waals surface area contributed by atoms with E-state index in [1.165, 1.54) is 19.3 Å². The first kappa shape index (κ1) is 13.3. The van der Waals surface area contributed by atoms with Gasteiger partial charge < -0.3 is 20.9 Å². The summed E-state index contributed by atoms with van der Waals surface area (Å²) in [6, 6.07) is 0.803. The van der Waals surface area contributed by atoms with Gasteiger partial charge >= 0.3 is 0 Å². The molecular formula is C13H26N2O2. The lowest BCUT2D eigenvalue weighted by molar-refractivity contribution is 0.132. The number of aliphatic hydroxyl groups is 1. The summed E-state index contributed by atoms with van der Waals surface area (Å²) in [6.45, 7) is 2.68. The van der Waals surface area contributed by atoms with Gasteiger partial charge in [0, 0.05) is 37.8 Å². The van der Waals surface area contributed by atoms with E-state index in [1.54, 1.807) is 0 Å². The molecule has 0 radical (unpaired) electrons. The lowest BCUT2D eigenvalue weighted by Gasteiger charge is -2.35. The molecule has 0 spiro atoms. The Bertz CT molecular complexity index is 217. The third-order valence-electron chi connectivity index (χ3n) is 4.36. The fraction of sp³-hybridized carbons (Fsp3) is 1.00. The van der Waals surface area contributed by atoms with Gasteiger partial charge in [0.2, 0.25) is 0 Å². The Hall–Kier alpha value is -0.160. The molecule has 100 valence electrons. The molecule has 0 amide bonds. The van der Waals surface area contributed by atoms with E-state index in [0.29, 0.717) is 37.1 Å². The summed E-state index contributed by atoms with van der Waals surface area (Å²) in [5.41, 5.74) is 5.88. The third kappa shape index (κ3) is 3.41. The van der Waals surface area contributed by atoms with Crippen LogP contribution in [0.1, 0.15) is 32.1 Å². The third-order valence-corrected chi connectivity index (χ3v) is 4.36. The number of hydrogen-bond acceptors (Lipinski definition) is 4. The first-order valence-electron chi connectivity index (χ1n) is 7.00. The summed E-state index contributed by atoms with van der Waals surface area (Å²) < 4.78 is 5.44. The molecule has 0 bridgehead atoms. The number of nitrogens with two attached hydrogens (primary N) is 1. The molecule has 1 aliphatic heterocycles. The Balaban J connectivity index is 1.87. The Kier molecular flexibility index (Phi) is 5.22. The van der Waals surface area contributed by atoms with Crippen LogP contribution in [0.4, 0.5) is 0 Å². The molecule has 1 heterocycles. The topological polar surface area (TPSA) is 67.5 Å². The first-order valence-corrected chi connectivity index (χ1v) is 7.00. The normalized spacial score (nSPS) is 36.0. The zero-order valence-corrected chi connectivity index (χ0v) is 10.6. The van der Waals surface area contributed by atoms with E-state index < -0.39 is 0 Å². The minimum Gasteiger partial charge on any atom is -0.396 e. The zero-order valence-electron chi connectivity index (χ0n) is 10.6. The predicted octanol–water partition coefficient (Wildman–Crippen LogP) is 0.491. The summed E-state index contributed by atoms with van der Waals surface area (Å²) in [6.07, 6.45) is 5.96. The highest BCUT2D eigenvalue weighted by Gasteiger charge is 2.30. The molecule has 0 aromatic carbocycles. The van der Waals surface area contributed by atoms with Crippen LogP contribution >= 0.6 is 0 Å². The summed E-state index contributed by atoms with van der Waals surface area (Å²) in [7, 11) is 0. The molecule has 2 rings (SSSR count). The van der Waals surface area contributed by atoms with Gasteiger partial charge in [-0.15, -0.1) is 0 Å². The molecule has 2 fully saturated rings. The number of nitrogens with one attached hydrogen (secondary N) is 1. The van der Waals surface area contributed by atoms with Crippen LogP contribution in [0.2, 0.25) is 0 Å². The maximum atomic E-state index is 9.42. The molecule has 1 aliphatic carbocycles. The monoisotopic (exact) mass is 242 g/mol. The molecule has 4 atom stereocenters. The summed E-state index contributed by atoms with van der Waals surface area (Å²) >= 11 is 0. The van der Waals surface area contributed by atoms with E-state index >= 15 is 0 Å². The van der Waals surface area contributed by atoms with Crippen LogP contribution in [-0.2, 0) is 4.74 Å². The van der Waals surface area contributed by atoms with Crippen LogP contribution in [0, 0.1) is 11.8 Å². The fourth-order valence-electron chi connectivity index (χ4n) is 3.19. The molecule has 1 saturated heterocycles. The van der Waals surface area contributed by atoms with Crippen molar-refractivity contribution in [1.82, 2.24) is 5.32 Å². The van der Waals surface area contributed by atoms with Crippen molar-refractivity contribution in [1.29, 1.82) is 0 Å². The van der Waals surface area contributed by atoms with Gasteiger partial charge in [0.15, 0.2) is 0 Å². The smallest absolute Gasteiger partial charge is 0.0510 e. The van der Waals surface area contributed by atoms with Crippen LogP contribution < -0.4 is 11.1 Å². The molecule has 4 unspecified atom stereocenters.